The number of pyridine rings is 1. The van der Waals surface area contributed by atoms with Crippen LogP contribution < -0.4 is 9.64 Å². The number of ether oxygens (including phenoxy) is 1. The Bertz CT molecular complexity index is 1260. The third kappa shape index (κ3) is 5.55. The van der Waals surface area contributed by atoms with Crippen molar-refractivity contribution in [3.05, 3.63) is 47.4 Å². The molecule has 1 saturated carbocycles. The van der Waals surface area contributed by atoms with Crippen LogP contribution in [0.3, 0.4) is 0 Å². The monoisotopic (exact) mass is 533 g/mol. The fourth-order valence-electron chi connectivity index (χ4n) is 3.87. The zero-order valence-corrected chi connectivity index (χ0v) is 20.1. The third-order valence-corrected chi connectivity index (χ3v) is 7.51. The first-order valence-corrected chi connectivity index (χ1v) is 13.0. The molecular weight excluding hydrogens is 509 g/mol. The van der Waals surface area contributed by atoms with Gasteiger partial charge in [-0.2, -0.15) is 13.2 Å². The second-order valence-corrected chi connectivity index (χ2v) is 11.2. The zero-order valence-electron chi connectivity index (χ0n) is 19.3. The number of nitrogens with zero attached hydrogens (tertiary/aromatic N) is 3. The number of hydrogen-bond acceptors (Lipinski definition) is 6. The predicted octanol–water partition coefficient (Wildman–Crippen LogP) is 3.73. The molecule has 0 radical (unpaired) electrons. The minimum Gasteiger partial charge on any atom is -0.492 e. The summed E-state index contributed by atoms with van der Waals surface area (Å²) in [5.41, 5.74) is -1.78. The maximum absolute atomic E-state index is 14.3. The van der Waals surface area contributed by atoms with E-state index in [1.807, 2.05) is 0 Å². The highest BCUT2D eigenvalue weighted by Crippen LogP contribution is 2.46. The lowest BCUT2D eigenvalue weighted by Crippen LogP contribution is -2.49. The molecule has 1 aliphatic carbocycles. The van der Waals surface area contributed by atoms with Gasteiger partial charge in [0.15, 0.2) is 21.5 Å². The number of carbonyl (C=O) groups excluding carboxylic acids is 1. The summed E-state index contributed by atoms with van der Waals surface area (Å²) < 4.78 is 95.8. The van der Waals surface area contributed by atoms with Gasteiger partial charge in [0.05, 0.1) is 29.3 Å². The number of halogens is 5. The maximum Gasteiger partial charge on any atom is 0.417 e. The molecule has 1 aromatic heterocycles. The number of carbonyl (C=O) groups is 1. The number of piperazine rings is 1. The number of aromatic nitrogens is 1. The number of sulfone groups is 1. The smallest absolute Gasteiger partial charge is 0.417 e. The molecule has 1 aromatic carbocycles. The molecule has 0 bridgehead atoms. The van der Waals surface area contributed by atoms with E-state index in [0.717, 1.165) is 6.26 Å². The first-order valence-electron chi connectivity index (χ1n) is 11.1. The van der Waals surface area contributed by atoms with Gasteiger partial charge in [0.25, 0.3) is 5.91 Å². The summed E-state index contributed by atoms with van der Waals surface area (Å²) in [5, 5.41) is 0. The minimum absolute atomic E-state index is 0.000121. The van der Waals surface area contributed by atoms with Gasteiger partial charge in [-0.05, 0) is 37.1 Å². The molecule has 2 fully saturated rings. The molecule has 2 heterocycles. The van der Waals surface area contributed by atoms with E-state index in [-0.39, 0.29) is 54.8 Å². The van der Waals surface area contributed by atoms with Gasteiger partial charge in [0.2, 0.25) is 0 Å². The van der Waals surface area contributed by atoms with Gasteiger partial charge in [-0.15, -0.1) is 0 Å². The number of anilines is 1. The quantitative estimate of drug-likeness (QED) is 0.505. The molecule has 13 heteroatoms. The molecule has 36 heavy (non-hydrogen) atoms. The number of alkyl halides is 4. The van der Waals surface area contributed by atoms with Crippen molar-refractivity contribution >= 4 is 21.6 Å². The molecule has 1 amide bonds. The Morgan fingerprint density at radius 3 is 2.33 bits per heavy atom. The van der Waals surface area contributed by atoms with Crippen LogP contribution in [0.1, 0.15) is 28.8 Å². The van der Waals surface area contributed by atoms with E-state index in [9.17, 15) is 35.2 Å². The van der Waals surface area contributed by atoms with E-state index >= 15 is 0 Å². The van der Waals surface area contributed by atoms with Crippen molar-refractivity contribution in [2.75, 3.05) is 50.6 Å². The fraction of sp³-hybridized carbons (Fsp3) is 0.478. The van der Waals surface area contributed by atoms with Crippen LogP contribution in [0.2, 0.25) is 0 Å². The molecule has 0 atom stereocenters. The van der Waals surface area contributed by atoms with E-state index in [1.54, 1.807) is 0 Å². The van der Waals surface area contributed by atoms with Crippen LogP contribution >= 0.6 is 0 Å². The van der Waals surface area contributed by atoms with Gasteiger partial charge < -0.3 is 14.5 Å². The van der Waals surface area contributed by atoms with E-state index in [4.69, 9.17) is 4.74 Å². The van der Waals surface area contributed by atoms with Crippen molar-refractivity contribution in [1.82, 2.24) is 9.88 Å². The van der Waals surface area contributed by atoms with Crippen LogP contribution in [0.4, 0.5) is 27.8 Å². The van der Waals surface area contributed by atoms with E-state index in [1.165, 1.54) is 28.0 Å². The molecule has 1 aliphatic heterocycles. The average molecular weight is 534 g/mol. The maximum atomic E-state index is 14.3. The summed E-state index contributed by atoms with van der Waals surface area (Å²) in [4.78, 5) is 19.7. The highest BCUT2D eigenvalue weighted by atomic mass is 32.2. The molecule has 0 N–H and O–H groups in total. The van der Waals surface area contributed by atoms with Crippen molar-refractivity contribution in [2.24, 2.45) is 5.41 Å². The Morgan fingerprint density at radius 1 is 1.14 bits per heavy atom. The lowest BCUT2D eigenvalue weighted by molar-refractivity contribution is -0.138. The highest BCUT2D eigenvalue weighted by Gasteiger charge is 2.44. The van der Waals surface area contributed by atoms with E-state index < -0.39 is 45.4 Å². The lowest BCUT2D eigenvalue weighted by atomic mass is 10.1. The SMILES string of the molecule is CS(=O)(=O)c1ccc(OCC2(CF)CC2)c(C(=O)N2CCN(c3ncc(C(F)(F)F)cc3F)CC2)c1. The number of amides is 1. The molecular formula is C23H24F5N3O4S. The Labute approximate surface area is 204 Å². The summed E-state index contributed by atoms with van der Waals surface area (Å²) in [6.07, 6.45) is -1.85. The Kier molecular flexibility index (Phi) is 6.88. The summed E-state index contributed by atoms with van der Waals surface area (Å²) in [5.74, 6) is -1.77. The molecule has 7 nitrogen and oxygen atoms in total. The summed E-state index contributed by atoms with van der Waals surface area (Å²) >= 11 is 0. The summed E-state index contributed by atoms with van der Waals surface area (Å²) in [6, 6.07) is 4.28. The Balaban J connectivity index is 1.50. The van der Waals surface area contributed by atoms with Crippen molar-refractivity contribution in [2.45, 2.75) is 23.9 Å². The van der Waals surface area contributed by atoms with Gasteiger partial charge in [0.1, 0.15) is 5.75 Å². The number of hydrogen-bond donors (Lipinski definition) is 0. The topological polar surface area (TPSA) is 79.8 Å². The second kappa shape index (κ2) is 9.49. The summed E-state index contributed by atoms with van der Waals surface area (Å²) in [6.45, 7) is -0.166. The highest BCUT2D eigenvalue weighted by molar-refractivity contribution is 7.90. The standard InChI is InChI=1S/C23H24F5N3O4S/c1-36(33,34)16-2-3-19(35-14-22(13-24)4-5-22)17(11-16)21(32)31-8-6-30(7-9-31)20-18(25)10-15(12-29-20)23(26,27)28/h2-3,10-12H,4-9,13-14H2,1H3. The largest absolute Gasteiger partial charge is 0.492 e. The van der Waals surface area contributed by atoms with Crippen LogP contribution in [0.15, 0.2) is 35.4 Å². The molecule has 2 aromatic rings. The van der Waals surface area contributed by atoms with Crippen molar-refractivity contribution < 1.29 is 39.9 Å². The van der Waals surface area contributed by atoms with Crippen LogP contribution in [-0.2, 0) is 16.0 Å². The van der Waals surface area contributed by atoms with Crippen LogP contribution in [0.25, 0.3) is 0 Å². The minimum atomic E-state index is -4.72. The number of benzene rings is 1. The van der Waals surface area contributed by atoms with Crippen molar-refractivity contribution in [3.8, 4) is 5.75 Å². The van der Waals surface area contributed by atoms with Crippen LogP contribution in [0, 0.1) is 11.2 Å². The van der Waals surface area contributed by atoms with Crippen LogP contribution in [0.5, 0.6) is 5.75 Å². The van der Waals surface area contributed by atoms with E-state index in [2.05, 4.69) is 4.98 Å². The van der Waals surface area contributed by atoms with Gasteiger partial charge in [0, 0.05) is 44.0 Å². The first-order chi connectivity index (χ1) is 16.8. The molecule has 0 spiro atoms. The fourth-order valence-corrected chi connectivity index (χ4v) is 4.51. The molecule has 0 unspecified atom stereocenters. The Hall–Kier alpha value is -2.96. The second-order valence-electron chi connectivity index (χ2n) is 9.16. The molecule has 196 valence electrons. The van der Waals surface area contributed by atoms with Gasteiger partial charge in [-0.25, -0.2) is 17.8 Å². The zero-order chi connectivity index (χ0) is 26.3. The number of rotatable bonds is 7. The van der Waals surface area contributed by atoms with Gasteiger partial charge in [-0.1, -0.05) is 0 Å². The van der Waals surface area contributed by atoms with E-state index in [0.29, 0.717) is 25.1 Å². The lowest BCUT2D eigenvalue weighted by Gasteiger charge is -2.35. The molecule has 4 rings (SSSR count). The van der Waals surface area contributed by atoms with Gasteiger partial charge in [-0.3, -0.25) is 9.18 Å². The van der Waals surface area contributed by atoms with Crippen molar-refractivity contribution in [1.29, 1.82) is 0 Å². The van der Waals surface area contributed by atoms with Crippen LogP contribution in [-0.4, -0.2) is 69.9 Å². The Morgan fingerprint density at radius 2 is 1.81 bits per heavy atom. The average Bonchev–Trinajstić information content (AvgIpc) is 3.61. The normalized spacial score (nSPS) is 17.7. The predicted molar refractivity (Wildman–Crippen MR) is 120 cm³/mol. The first kappa shape index (κ1) is 26.1. The van der Waals surface area contributed by atoms with Gasteiger partial charge >= 0.3 is 6.18 Å². The molecule has 2 aliphatic rings. The van der Waals surface area contributed by atoms with Crippen molar-refractivity contribution in [3.63, 3.8) is 0 Å². The third-order valence-electron chi connectivity index (χ3n) is 6.40. The summed E-state index contributed by atoms with van der Waals surface area (Å²) in [7, 11) is -3.63. The molecule has 1 saturated heterocycles.